The van der Waals surface area contributed by atoms with E-state index in [-0.39, 0.29) is 0 Å². The summed E-state index contributed by atoms with van der Waals surface area (Å²) in [5.41, 5.74) is 10.9. The van der Waals surface area contributed by atoms with Crippen molar-refractivity contribution in [2.75, 3.05) is 0 Å². The van der Waals surface area contributed by atoms with Crippen molar-refractivity contribution in [1.29, 1.82) is 0 Å². The van der Waals surface area contributed by atoms with Crippen molar-refractivity contribution in [3.05, 3.63) is 140 Å². The third kappa shape index (κ3) is 6.83. The van der Waals surface area contributed by atoms with Gasteiger partial charge in [0.1, 0.15) is 0 Å². The Morgan fingerprint density at radius 1 is 0.543 bits per heavy atom. The van der Waals surface area contributed by atoms with Crippen LogP contribution >= 0.6 is 0 Å². The first-order chi connectivity index (χ1) is 17.2. The van der Waals surface area contributed by atoms with Gasteiger partial charge in [-0.15, -0.1) is 0 Å². The maximum Gasteiger partial charge on any atom is -0.00199 e. The Hall–Kier alpha value is -3.38. The zero-order valence-electron chi connectivity index (χ0n) is 22.8. The van der Waals surface area contributed by atoms with E-state index in [0.717, 1.165) is 18.1 Å². The molecular formula is C35H42. The Morgan fingerprint density at radius 2 is 1.03 bits per heavy atom. The van der Waals surface area contributed by atoms with E-state index < -0.39 is 0 Å². The molecule has 0 heteroatoms. The van der Waals surface area contributed by atoms with Gasteiger partial charge in [0.15, 0.2) is 0 Å². The Kier molecular flexibility index (Phi) is 11.2. The molecule has 1 aliphatic rings. The first-order valence-electron chi connectivity index (χ1n) is 13.2. The topological polar surface area (TPSA) is 0 Å². The van der Waals surface area contributed by atoms with Gasteiger partial charge in [0.25, 0.3) is 0 Å². The smallest absolute Gasteiger partial charge is 0.00199 e. The summed E-state index contributed by atoms with van der Waals surface area (Å²) in [5.74, 6) is 0. The van der Waals surface area contributed by atoms with Gasteiger partial charge in [-0.1, -0.05) is 145 Å². The molecule has 0 spiro atoms. The molecule has 4 aromatic rings. The van der Waals surface area contributed by atoms with E-state index in [1.54, 1.807) is 0 Å². The van der Waals surface area contributed by atoms with Crippen LogP contribution in [0.5, 0.6) is 0 Å². The van der Waals surface area contributed by atoms with E-state index in [9.17, 15) is 0 Å². The molecule has 0 unspecified atom stereocenters. The molecule has 0 radical (unpaired) electrons. The van der Waals surface area contributed by atoms with Gasteiger partial charge in [-0.25, -0.2) is 0 Å². The second kappa shape index (κ2) is 14.1. The van der Waals surface area contributed by atoms with Gasteiger partial charge in [-0.2, -0.15) is 0 Å². The Balaban J connectivity index is 0.000000671. The average Bonchev–Trinajstić information content (AvgIpc) is 2.93. The van der Waals surface area contributed by atoms with Crippen LogP contribution in [-0.2, 0) is 12.8 Å². The van der Waals surface area contributed by atoms with Crippen LogP contribution in [0.25, 0.3) is 12.2 Å². The lowest BCUT2D eigenvalue weighted by Gasteiger charge is -2.21. The fourth-order valence-corrected chi connectivity index (χ4v) is 4.32. The SMILES string of the molecule is C=c1ccc(=C(c2ccc(C)cc2)c2ccc3c(c2)Cc2ccccc2C3)cc1.CC.CC.CC. The van der Waals surface area contributed by atoms with E-state index in [4.69, 9.17) is 0 Å². The van der Waals surface area contributed by atoms with Crippen molar-refractivity contribution in [1.82, 2.24) is 0 Å². The fourth-order valence-electron chi connectivity index (χ4n) is 4.32. The van der Waals surface area contributed by atoms with Crippen LogP contribution in [0.3, 0.4) is 0 Å². The molecule has 1 aliphatic carbocycles. The molecule has 0 N–H and O–H groups in total. The Morgan fingerprint density at radius 3 is 1.60 bits per heavy atom. The van der Waals surface area contributed by atoms with Crippen LogP contribution in [0, 0.1) is 6.92 Å². The van der Waals surface area contributed by atoms with Gasteiger partial charge in [0, 0.05) is 0 Å². The van der Waals surface area contributed by atoms with Gasteiger partial charge >= 0.3 is 0 Å². The fraction of sp³-hybridized carbons (Fsp3) is 0.257. The molecule has 0 heterocycles. The third-order valence-corrected chi connectivity index (χ3v) is 5.96. The predicted octanol–water partition coefficient (Wildman–Crippen LogP) is 8.23. The monoisotopic (exact) mass is 462 g/mol. The summed E-state index contributed by atoms with van der Waals surface area (Å²) in [4.78, 5) is 0. The minimum Gasteiger partial charge on any atom is -0.0918 e. The van der Waals surface area contributed by atoms with Gasteiger partial charge < -0.3 is 0 Å². The van der Waals surface area contributed by atoms with Crippen molar-refractivity contribution in [2.45, 2.75) is 61.3 Å². The zero-order valence-corrected chi connectivity index (χ0v) is 22.8. The summed E-state index contributed by atoms with van der Waals surface area (Å²) in [6.07, 6.45) is 2.04. The number of hydrogen-bond acceptors (Lipinski definition) is 0. The maximum absolute atomic E-state index is 4.05. The first-order valence-corrected chi connectivity index (χ1v) is 13.2. The molecular weight excluding hydrogens is 420 g/mol. The molecule has 4 aromatic carbocycles. The lowest BCUT2D eigenvalue weighted by molar-refractivity contribution is 1.000. The second-order valence-electron chi connectivity index (χ2n) is 8.04. The van der Waals surface area contributed by atoms with Crippen molar-refractivity contribution in [3.8, 4) is 0 Å². The molecule has 0 aliphatic heterocycles. The number of aryl methyl sites for hydroxylation is 1. The predicted molar refractivity (Wildman–Crippen MR) is 157 cm³/mol. The molecule has 0 amide bonds. The quantitative estimate of drug-likeness (QED) is 0.248. The first kappa shape index (κ1) is 27.9. The number of rotatable bonds is 2. The molecule has 0 saturated heterocycles. The van der Waals surface area contributed by atoms with Crippen LogP contribution in [-0.4, -0.2) is 0 Å². The highest BCUT2D eigenvalue weighted by Crippen LogP contribution is 2.30. The lowest BCUT2D eigenvalue weighted by Crippen LogP contribution is -2.13. The van der Waals surface area contributed by atoms with E-state index >= 15 is 0 Å². The van der Waals surface area contributed by atoms with E-state index in [1.165, 1.54) is 49.7 Å². The van der Waals surface area contributed by atoms with Crippen molar-refractivity contribution in [2.24, 2.45) is 0 Å². The minimum absolute atomic E-state index is 1.01. The van der Waals surface area contributed by atoms with Crippen LogP contribution in [0.2, 0.25) is 0 Å². The zero-order chi connectivity index (χ0) is 25.8. The van der Waals surface area contributed by atoms with E-state index in [0.29, 0.717) is 0 Å². The highest BCUT2D eigenvalue weighted by atomic mass is 14.2. The second-order valence-corrected chi connectivity index (χ2v) is 8.04. The molecule has 0 bridgehead atoms. The molecule has 35 heavy (non-hydrogen) atoms. The average molecular weight is 463 g/mol. The van der Waals surface area contributed by atoms with Crippen LogP contribution < -0.4 is 10.4 Å². The van der Waals surface area contributed by atoms with Crippen molar-refractivity contribution in [3.63, 3.8) is 0 Å². The van der Waals surface area contributed by atoms with E-state index in [1.807, 2.05) is 41.5 Å². The Labute approximate surface area is 213 Å². The molecule has 0 atom stereocenters. The maximum atomic E-state index is 4.05. The normalized spacial score (nSPS) is 10.6. The van der Waals surface area contributed by atoms with Crippen LogP contribution in [0.4, 0.5) is 0 Å². The number of benzene rings is 4. The summed E-state index contributed by atoms with van der Waals surface area (Å²) in [7, 11) is 0. The standard InChI is InChI=1S/C29H24.3C2H6/c1-20-7-11-22(12-8-20)29(23-13-9-21(2)10-14-23)27-16-15-26-17-24-5-3-4-6-25(24)18-28(26)19-27;3*1-2/h3-16,19H,1,17-18H2,2H3;3*1-2H3. The summed E-state index contributed by atoms with van der Waals surface area (Å²) >= 11 is 0. The highest BCUT2D eigenvalue weighted by Gasteiger charge is 2.16. The van der Waals surface area contributed by atoms with Gasteiger partial charge in [-0.05, 0) is 69.2 Å². The van der Waals surface area contributed by atoms with Gasteiger partial charge in [-0.3, -0.25) is 0 Å². The molecule has 5 rings (SSSR count). The molecule has 0 aromatic heterocycles. The van der Waals surface area contributed by atoms with Gasteiger partial charge in [0.2, 0.25) is 0 Å². The molecule has 0 saturated carbocycles. The number of hydrogen-bond donors (Lipinski definition) is 0. The molecule has 0 nitrogen and oxygen atoms in total. The number of fused-ring (bicyclic) bond motifs is 2. The summed E-state index contributed by atoms with van der Waals surface area (Å²) in [6.45, 7) is 18.2. The largest absolute Gasteiger partial charge is 0.0918 e. The summed E-state index contributed by atoms with van der Waals surface area (Å²) in [5, 5.41) is 2.27. The van der Waals surface area contributed by atoms with Crippen molar-refractivity contribution >= 4 is 12.2 Å². The molecule has 182 valence electrons. The highest BCUT2D eigenvalue weighted by molar-refractivity contribution is 5.80. The van der Waals surface area contributed by atoms with E-state index in [2.05, 4.69) is 104 Å². The Bertz CT molecular complexity index is 1280. The van der Waals surface area contributed by atoms with Gasteiger partial charge in [0.05, 0.1) is 0 Å². The minimum atomic E-state index is 1.01. The van der Waals surface area contributed by atoms with Crippen LogP contribution in [0.1, 0.15) is 80.5 Å². The molecule has 0 fully saturated rings. The van der Waals surface area contributed by atoms with Crippen molar-refractivity contribution < 1.29 is 0 Å². The lowest BCUT2D eigenvalue weighted by atomic mass is 9.83. The van der Waals surface area contributed by atoms with Crippen LogP contribution in [0.15, 0.2) is 91.0 Å². The summed E-state index contributed by atoms with van der Waals surface area (Å²) < 4.78 is 0. The third-order valence-electron chi connectivity index (χ3n) is 5.96. The summed E-state index contributed by atoms with van der Waals surface area (Å²) in [6, 6.07) is 33.3.